The largest absolute Gasteiger partial charge is 0.323 e. The Kier molecular flexibility index (Phi) is 5.80. The smallest absolute Gasteiger partial charge is 0.256 e. The van der Waals surface area contributed by atoms with Gasteiger partial charge in [-0.05, 0) is 43.2 Å². The van der Waals surface area contributed by atoms with E-state index in [0.717, 1.165) is 11.1 Å². The van der Waals surface area contributed by atoms with Gasteiger partial charge in [-0.15, -0.1) is 11.8 Å². The van der Waals surface area contributed by atoms with Crippen LogP contribution < -0.4 is 5.32 Å². The molecule has 1 heterocycles. The summed E-state index contributed by atoms with van der Waals surface area (Å²) in [5.74, 6) is 0.490. The number of carbonyl (C=O) groups excluding carboxylic acids is 2. The molecule has 0 aromatic heterocycles. The molecule has 0 aliphatic carbocycles. The Labute approximate surface area is 166 Å². The van der Waals surface area contributed by atoms with Gasteiger partial charge in [0.1, 0.15) is 6.04 Å². The number of halogens is 2. The molecule has 0 spiro atoms. The first-order valence-corrected chi connectivity index (χ1v) is 10.0. The van der Waals surface area contributed by atoms with Crippen LogP contribution in [0.1, 0.15) is 21.5 Å². The van der Waals surface area contributed by atoms with Crippen molar-refractivity contribution in [1.82, 2.24) is 4.90 Å². The first-order chi connectivity index (χ1) is 12.4. The quantitative estimate of drug-likeness (QED) is 0.795. The number of anilines is 1. The van der Waals surface area contributed by atoms with Crippen molar-refractivity contribution in [2.45, 2.75) is 19.9 Å². The van der Waals surface area contributed by atoms with Crippen molar-refractivity contribution >= 4 is 52.5 Å². The van der Waals surface area contributed by atoms with Crippen molar-refractivity contribution in [1.29, 1.82) is 0 Å². The van der Waals surface area contributed by atoms with Crippen LogP contribution in [0.3, 0.4) is 0 Å². The second-order valence-corrected chi connectivity index (χ2v) is 8.01. The Morgan fingerprint density at radius 2 is 1.88 bits per heavy atom. The average molecular weight is 409 g/mol. The summed E-state index contributed by atoms with van der Waals surface area (Å²) in [5, 5.41) is 3.76. The van der Waals surface area contributed by atoms with Gasteiger partial charge < -0.3 is 10.2 Å². The molecule has 2 aromatic carbocycles. The number of benzene rings is 2. The van der Waals surface area contributed by atoms with Crippen LogP contribution in [-0.2, 0) is 4.79 Å². The molecule has 1 fully saturated rings. The van der Waals surface area contributed by atoms with Gasteiger partial charge in [-0.25, -0.2) is 0 Å². The highest BCUT2D eigenvalue weighted by molar-refractivity contribution is 7.99. The SMILES string of the molecule is Cc1cc(C)c(NC(=O)C2CSCN2C(=O)c2ccccc2Cl)c(Cl)c1. The highest BCUT2D eigenvalue weighted by Gasteiger charge is 2.36. The molecule has 1 saturated heterocycles. The van der Waals surface area contributed by atoms with Crippen molar-refractivity contribution in [3.63, 3.8) is 0 Å². The summed E-state index contributed by atoms with van der Waals surface area (Å²) in [6, 6.07) is 10.1. The average Bonchev–Trinajstić information content (AvgIpc) is 3.07. The minimum atomic E-state index is -0.569. The predicted octanol–water partition coefficient (Wildman–Crippen LogP) is 4.76. The third-order valence-corrected chi connectivity index (χ3v) is 5.87. The fraction of sp³-hybridized carbons (Fsp3) is 0.263. The van der Waals surface area contributed by atoms with Gasteiger partial charge in [0.2, 0.25) is 5.91 Å². The molecule has 0 radical (unpaired) electrons. The number of amides is 2. The maximum atomic E-state index is 12.8. The molecule has 1 unspecified atom stereocenters. The van der Waals surface area contributed by atoms with Gasteiger partial charge in [-0.1, -0.05) is 41.4 Å². The highest BCUT2D eigenvalue weighted by atomic mass is 35.5. The van der Waals surface area contributed by atoms with Gasteiger partial charge in [-0.2, -0.15) is 0 Å². The fourth-order valence-corrected chi connectivity index (χ4v) is 4.67. The molecule has 26 heavy (non-hydrogen) atoms. The van der Waals surface area contributed by atoms with E-state index in [9.17, 15) is 9.59 Å². The van der Waals surface area contributed by atoms with Crippen LogP contribution in [0.5, 0.6) is 0 Å². The van der Waals surface area contributed by atoms with Crippen molar-refractivity contribution in [2.24, 2.45) is 0 Å². The van der Waals surface area contributed by atoms with Crippen molar-refractivity contribution in [3.05, 3.63) is 63.1 Å². The van der Waals surface area contributed by atoms with Gasteiger partial charge in [-0.3, -0.25) is 9.59 Å². The van der Waals surface area contributed by atoms with Crippen LogP contribution in [0.2, 0.25) is 10.0 Å². The number of hydrogen-bond donors (Lipinski definition) is 1. The molecule has 1 atom stereocenters. The van der Waals surface area contributed by atoms with Gasteiger partial charge in [0.25, 0.3) is 5.91 Å². The molecule has 2 amide bonds. The lowest BCUT2D eigenvalue weighted by Crippen LogP contribution is -2.44. The number of rotatable bonds is 3. The number of hydrogen-bond acceptors (Lipinski definition) is 3. The second-order valence-electron chi connectivity index (χ2n) is 6.20. The molecular weight excluding hydrogens is 391 g/mol. The Hall–Kier alpha value is -1.69. The van der Waals surface area contributed by atoms with Crippen LogP contribution in [0, 0.1) is 13.8 Å². The first-order valence-electron chi connectivity index (χ1n) is 8.09. The Bertz CT molecular complexity index is 849. The zero-order valence-electron chi connectivity index (χ0n) is 14.4. The summed E-state index contributed by atoms with van der Waals surface area (Å²) in [7, 11) is 0. The van der Waals surface area contributed by atoms with Gasteiger partial charge >= 0.3 is 0 Å². The Morgan fingerprint density at radius 3 is 2.58 bits per heavy atom. The van der Waals surface area contributed by atoms with E-state index in [1.165, 1.54) is 11.8 Å². The van der Waals surface area contributed by atoms with E-state index in [1.54, 1.807) is 35.2 Å². The van der Waals surface area contributed by atoms with E-state index in [0.29, 0.717) is 32.9 Å². The van der Waals surface area contributed by atoms with E-state index in [-0.39, 0.29) is 11.8 Å². The standard InChI is InChI=1S/C19H18Cl2N2O2S/c1-11-7-12(2)17(15(21)8-11)22-18(24)16-9-26-10-23(16)19(25)13-5-3-4-6-14(13)20/h3-8,16H,9-10H2,1-2H3,(H,22,24). The van der Waals surface area contributed by atoms with E-state index >= 15 is 0 Å². The molecule has 0 bridgehead atoms. The van der Waals surface area contributed by atoms with Crippen LogP contribution >= 0.6 is 35.0 Å². The van der Waals surface area contributed by atoms with Gasteiger partial charge in [0, 0.05) is 5.75 Å². The lowest BCUT2D eigenvalue weighted by molar-refractivity contribution is -0.119. The summed E-state index contributed by atoms with van der Waals surface area (Å²) in [6.45, 7) is 3.84. The Balaban J connectivity index is 1.81. The topological polar surface area (TPSA) is 49.4 Å². The maximum absolute atomic E-state index is 12.8. The monoisotopic (exact) mass is 408 g/mol. The fourth-order valence-electron chi connectivity index (χ4n) is 2.93. The number of thioether (sulfide) groups is 1. The molecule has 0 saturated carbocycles. The zero-order chi connectivity index (χ0) is 18.8. The van der Waals surface area contributed by atoms with Crippen molar-refractivity contribution in [2.75, 3.05) is 16.9 Å². The van der Waals surface area contributed by atoms with E-state index in [1.807, 2.05) is 19.9 Å². The van der Waals surface area contributed by atoms with Crippen LogP contribution in [0.15, 0.2) is 36.4 Å². The van der Waals surface area contributed by atoms with E-state index < -0.39 is 6.04 Å². The number of aryl methyl sites for hydroxylation is 2. The molecule has 1 N–H and O–H groups in total. The van der Waals surface area contributed by atoms with Gasteiger partial charge in [0.15, 0.2) is 0 Å². The molecule has 7 heteroatoms. The minimum Gasteiger partial charge on any atom is -0.323 e. The van der Waals surface area contributed by atoms with E-state index in [2.05, 4.69) is 5.32 Å². The van der Waals surface area contributed by atoms with E-state index in [4.69, 9.17) is 23.2 Å². The maximum Gasteiger partial charge on any atom is 0.256 e. The first kappa shape index (κ1) is 19.1. The van der Waals surface area contributed by atoms with Crippen molar-refractivity contribution < 1.29 is 9.59 Å². The molecule has 1 aliphatic rings. The third-order valence-electron chi connectivity index (χ3n) is 4.23. The Morgan fingerprint density at radius 1 is 1.15 bits per heavy atom. The molecular formula is C19H18Cl2N2O2S. The molecule has 3 rings (SSSR count). The minimum absolute atomic E-state index is 0.243. The van der Waals surface area contributed by atoms with Gasteiger partial charge in [0.05, 0.1) is 27.2 Å². The molecule has 136 valence electrons. The number of nitrogens with one attached hydrogen (secondary N) is 1. The normalized spacial score (nSPS) is 16.6. The molecule has 4 nitrogen and oxygen atoms in total. The second kappa shape index (κ2) is 7.91. The van der Waals surface area contributed by atoms with Crippen LogP contribution in [-0.4, -0.2) is 34.4 Å². The van der Waals surface area contributed by atoms with Crippen LogP contribution in [0.4, 0.5) is 5.69 Å². The molecule has 2 aromatic rings. The lowest BCUT2D eigenvalue weighted by Gasteiger charge is -2.24. The predicted molar refractivity (Wildman–Crippen MR) is 108 cm³/mol. The number of nitrogens with zero attached hydrogens (tertiary/aromatic N) is 1. The lowest BCUT2D eigenvalue weighted by atomic mass is 10.1. The zero-order valence-corrected chi connectivity index (χ0v) is 16.7. The van der Waals surface area contributed by atoms with Crippen LogP contribution in [0.25, 0.3) is 0 Å². The van der Waals surface area contributed by atoms with Crippen molar-refractivity contribution in [3.8, 4) is 0 Å². The summed E-state index contributed by atoms with van der Waals surface area (Å²) < 4.78 is 0. The summed E-state index contributed by atoms with van der Waals surface area (Å²) in [6.07, 6.45) is 0. The molecule has 1 aliphatic heterocycles. The summed E-state index contributed by atoms with van der Waals surface area (Å²) in [5.41, 5.74) is 2.90. The number of carbonyl (C=O) groups is 2. The third kappa shape index (κ3) is 3.85. The highest BCUT2D eigenvalue weighted by Crippen LogP contribution is 2.30. The summed E-state index contributed by atoms with van der Waals surface area (Å²) in [4.78, 5) is 27.2. The summed E-state index contributed by atoms with van der Waals surface area (Å²) >= 11 is 14.0.